The van der Waals surface area contributed by atoms with Crippen molar-refractivity contribution in [1.82, 2.24) is 10.3 Å². The molecule has 2 aromatic rings. The summed E-state index contributed by atoms with van der Waals surface area (Å²) >= 11 is 0. The maximum Gasteiger partial charge on any atom is 0.319 e. The number of hydrogen-bond donors (Lipinski definition) is 3. The number of nitrogens with zero attached hydrogens (tertiary/aromatic N) is 1. The van der Waals surface area contributed by atoms with Gasteiger partial charge in [0.1, 0.15) is 5.69 Å². The SMILES string of the molecule is COc1ncccc1NC(=O)NC(CO)c1ccccc1. The van der Waals surface area contributed by atoms with Gasteiger partial charge in [0, 0.05) is 6.20 Å². The molecule has 3 N–H and O–H groups in total. The summed E-state index contributed by atoms with van der Waals surface area (Å²) in [4.78, 5) is 16.0. The van der Waals surface area contributed by atoms with Crippen molar-refractivity contribution in [2.24, 2.45) is 0 Å². The van der Waals surface area contributed by atoms with Gasteiger partial charge in [-0.15, -0.1) is 0 Å². The van der Waals surface area contributed by atoms with E-state index < -0.39 is 12.1 Å². The van der Waals surface area contributed by atoms with Crippen molar-refractivity contribution in [3.8, 4) is 5.88 Å². The number of aliphatic hydroxyl groups excluding tert-OH is 1. The van der Waals surface area contributed by atoms with Gasteiger partial charge >= 0.3 is 6.03 Å². The number of urea groups is 1. The number of anilines is 1. The zero-order valence-electron chi connectivity index (χ0n) is 11.6. The Bertz CT molecular complexity index is 590. The Balaban J connectivity index is 2.03. The van der Waals surface area contributed by atoms with Crippen LogP contribution in [-0.4, -0.2) is 29.8 Å². The van der Waals surface area contributed by atoms with Gasteiger partial charge in [0.15, 0.2) is 0 Å². The fourth-order valence-electron chi connectivity index (χ4n) is 1.88. The molecule has 6 heteroatoms. The minimum atomic E-state index is -0.478. The topological polar surface area (TPSA) is 83.5 Å². The smallest absolute Gasteiger partial charge is 0.319 e. The number of carbonyl (C=O) groups is 1. The molecule has 0 saturated heterocycles. The molecule has 0 aliphatic rings. The highest BCUT2D eigenvalue weighted by Gasteiger charge is 2.14. The lowest BCUT2D eigenvalue weighted by Gasteiger charge is -2.17. The highest BCUT2D eigenvalue weighted by Crippen LogP contribution is 2.20. The number of hydrogen-bond acceptors (Lipinski definition) is 4. The number of methoxy groups -OCH3 is 1. The predicted octanol–water partition coefficient (Wildman–Crippen LogP) is 1.95. The van der Waals surface area contributed by atoms with Crippen LogP contribution in [-0.2, 0) is 0 Å². The third-order valence-corrected chi connectivity index (χ3v) is 2.90. The molecule has 0 aliphatic heterocycles. The van der Waals surface area contributed by atoms with Crippen LogP contribution in [0.15, 0.2) is 48.7 Å². The van der Waals surface area contributed by atoms with E-state index in [4.69, 9.17) is 4.74 Å². The van der Waals surface area contributed by atoms with Crippen molar-refractivity contribution < 1.29 is 14.6 Å². The van der Waals surface area contributed by atoms with Gasteiger partial charge in [0.2, 0.25) is 5.88 Å². The molecule has 1 aromatic heterocycles. The Kier molecular flexibility index (Phi) is 5.11. The van der Waals surface area contributed by atoms with Gasteiger partial charge in [-0.1, -0.05) is 30.3 Å². The van der Waals surface area contributed by atoms with Crippen molar-refractivity contribution in [2.75, 3.05) is 19.0 Å². The largest absolute Gasteiger partial charge is 0.480 e. The van der Waals surface area contributed by atoms with Crippen molar-refractivity contribution in [3.63, 3.8) is 0 Å². The molecule has 1 heterocycles. The van der Waals surface area contributed by atoms with Crippen LogP contribution in [0.4, 0.5) is 10.5 Å². The van der Waals surface area contributed by atoms with Crippen LogP contribution in [0.5, 0.6) is 5.88 Å². The van der Waals surface area contributed by atoms with Crippen LogP contribution in [0.2, 0.25) is 0 Å². The van der Waals surface area contributed by atoms with Crippen LogP contribution in [0.3, 0.4) is 0 Å². The summed E-state index contributed by atoms with van der Waals surface area (Å²) in [7, 11) is 1.48. The fraction of sp³-hybridized carbons (Fsp3) is 0.200. The summed E-state index contributed by atoms with van der Waals surface area (Å²) in [5.41, 5.74) is 1.29. The first kappa shape index (κ1) is 14.8. The van der Waals surface area contributed by atoms with Crippen LogP contribution >= 0.6 is 0 Å². The Morgan fingerprint density at radius 1 is 1.29 bits per heavy atom. The van der Waals surface area contributed by atoms with Gasteiger partial charge in [0.25, 0.3) is 0 Å². The van der Waals surface area contributed by atoms with E-state index in [-0.39, 0.29) is 6.61 Å². The maximum atomic E-state index is 12.0. The Morgan fingerprint density at radius 2 is 2.05 bits per heavy atom. The lowest BCUT2D eigenvalue weighted by atomic mass is 10.1. The van der Waals surface area contributed by atoms with E-state index in [9.17, 15) is 9.90 Å². The highest BCUT2D eigenvalue weighted by atomic mass is 16.5. The van der Waals surface area contributed by atoms with Gasteiger partial charge in [-0.25, -0.2) is 9.78 Å². The standard InChI is InChI=1S/C15H17N3O3/c1-21-14-12(8-5-9-16-14)17-15(20)18-13(10-19)11-6-3-2-4-7-11/h2-9,13,19H,10H2,1H3,(H2,17,18,20). The second kappa shape index (κ2) is 7.25. The van der Waals surface area contributed by atoms with Gasteiger partial charge in [0.05, 0.1) is 19.8 Å². The molecule has 1 atom stereocenters. The van der Waals surface area contributed by atoms with E-state index in [1.54, 1.807) is 18.3 Å². The molecule has 0 fully saturated rings. The van der Waals surface area contributed by atoms with E-state index in [2.05, 4.69) is 15.6 Å². The minimum absolute atomic E-state index is 0.193. The van der Waals surface area contributed by atoms with Crippen molar-refractivity contribution >= 4 is 11.7 Å². The molecular formula is C15H17N3O3. The Labute approximate surface area is 122 Å². The third-order valence-electron chi connectivity index (χ3n) is 2.90. The fourth-order valence-corrected chi connectivity index (χ4v) is 1.88. The normalized spacial score (nSPS) is 11.5. The van der Waals surface area contributed by atoms with Crippen molar-refractivity contribution in [2.45, 2.75) is 6.04 Å². The molecular weight excluding hydrogens is 270 g/mol. The quantitative estimate of drug-likeness (QED) is 0.785. The number of benzene rings is 1. The van der Waals surface area contributed by atoms with E-state index in [1.165, 1.54) is 7.11 Å². The van der Waals surface area contributed by atoms with Crippen LogP contribution < -0.4 is 15.4 Å². The summed E-state index contributed by atoms with van der Waals surface area (Å²) in [5, 5.41) is 14.8. The molecule has 0 aliphatic carbocycles. The molecule has 21 heavy (non-hydrogen) atoms. The summed E-state index contributed by atoms with van der Waals surface area (Å²) in [6, 6.07) is 11.7. The number of carbonyl (C=O) groups excluding carboxylic acids is 1. The van der Waals surface area contributed by atoms with Crippen molar-refractivity contribution in [1.29, 1.82) is 0 Å². The second-order valence-electron chi connectivity index (χ2n) is 4.30. The first-order chi connectivity index (χ1) is 10.2. The molecule has 0 saturated carbocycles. The molecule has 0 bridgehead atoms. The summed E-state index contributed by atoms with van der Waals surface area (Å²) in [6.45, 7) is -0.193. The highest BCUT2D eigenvalue weighted by molar-refractivity contribution is 5.90. The Hall–Kier alpha value is -2.60. The molecule has 1 unspecified atom stereocenters. The number of aromatic nitrogens is 1. The van der Waals surface area contributed by atoms with Gasteiger partial charge in [-0.05, 0) is 17.7 Å². The van der Waals surface area contributed by atoms with E-state index in [0.29, 0.717) is 11.6 Å². The Morgan fingerprint density at radius 3 is 2.71 bits per heavy atom. The van der Waals surface area contributed by atoms with Crippen LogP contribution in [0.25, 0.3) is 0 Å². The monoisotopic (exact) mass is 287 g/mol. The molecule has 6 nitrogen and oxygen atoms in total. The maximum absolute atomic E-state index is 12.0. The first-order valence-electron chi connectivity index (χ1n) is 6.47. The molecule has 0 radical (unpaired) electrons. The number of pyridine rings is 1. The van der Waals surface area contributed by atoms with Gasteiger partial charge in [-0.3, -0.25) is 0 Å². The number of rotatable bonds is 5. The number of ether oxygens (including phenoxy) is 1. The lowest BCUT2D eigenvalue weighted by molar-refractivity contribution is 0.225. The van der Waals surface area contributed by atoms with Gasteiger partial charge < -0.3 is 20.5 Å². The number of amides is 2. The first-order valence-corrected chi connectivity index (χ1v) is 6.47. The van der Waals surface area contributed by atoms with Crippen LogP contribution in [0, 0.1) is 0 Å². The second-order valence-corrected chi connectivity index (χ2v) is 4.30. The minimum Gasteiger partial charge on any atom is -0.480 e. The summed E-state index contributed by atoms with van der Waals surface area (Å²) < 4.78 is 5.06. The molecule has 110 valence electrons. The predicted molar refractivity (Wildman–Crippen MR) is 79.2 cm³/mol. The summed E-state index contributed by atoms with van der Waals surface area (Å²) in [6.07, 6.45) is 1.57. The van der Waals surface area contributed by atoms with E-state index in [0.717, 1.165) is 5.56 Å². The zero-order chi connectivity index (χ0) is 15.1. The lowest BCUT2D eigenvalue weighted by Crippen LogP contribution is -2.34. The van der Waals surface area contributed by atoms with E-state index >= 15 is 0 Å². The average molecular weight is 287 g/mol. The molecule has 0 spiro atoms. The number of aliphatic hydroxyl groups is 1. The molecule has 1 aromatic carbocycles. The van der Waals surface area contributed by atoms with E-state index in [1.807, 2.05) is 30.3 Å². The third kappa shape index (κ3) is 3.93. The number of nitrogens with one attached hydrogen (secondary N) is 2. The van der Waals surface area contributed by atoms with Gasteiger partial charge in [-0.2, -0.15) is 0 Å². The van der Waals surface area contributed by atoms with Crippen molar-refractivity contribution in [3.05, 3.63) is 54.2 Å². The molecule has 2 amide bonds. The van der Waals surface area contributed by atoms with Crippen LogP contribution in [0.1, 0.15) is 11.6 Å². The summed E-state index contributed by atoms with van der Waals surface area (Å²) in [5.74, 6) is 0.327. The average Bonchev–Trinajstić information content (AvgIpc) is 2.54. The molecule has 2 rings (SSSR count). The zero-order valence-corrected chi connectivity index (χ0v) is 11.6.